The molecule has 5 rings (SSSR count). The Hall–Kier alpha value is -2.46. The van der Waals surface area contributed by atoms with Crippen molar-refractivity contribution in [2.24, 2.45) is 0 Å². The molecule has 2 aromatic rings. The Morgan fingerprint density at radius 1 is 0.886 bits per heavy atom. The molecule has 0 N–H and O–H groups in total. The molecule has 35 heavy (non-hydrogen) atoms. The molecule has 0 radical (unpaired) electrons. The summed E-state index contributed by atoms with van der Waals surface area (Å²) in [6.07, 6.45) is 3.96. The van der Waals surface area contributed by atoms with Crippen molar-refractivity contribution in [3.8, 4) is 16.9 Å². The van der Waals surface area contributed by atoms with Crippen molar-refractivity contribution in [2.75, 3.05) is 40.3 Å². The number of piperidine rings is 2. The lowest BCUT2D eigenvalue weighted by atomic mass is 9.99. The summed E-state index contributed by atoms with van der Waals surface area (Å²) in [5, 5.41) is 0. The maximum absolute atomic E-state index is 13.0. The average Bonchev–Trinajstić information content (AvgIpc) is 2.89. The zero-order valence-corrected chi connectivity index (χ0v) is 21.2. The lowest BCUT2D eigenvalue weighted by Crippen LogP contribution is -2.55. The molecule has 9 heteroatoms. The van der Waals surface area contributed by atoms with Crippen LogP contribution in [0.5, 0.6) is 5.75 Å². The Balaban J connectivity index is 1.25. The zero-order valence-electron chi connectivity index (χ0n) is 20.4. The maximum atomic E-state index is 13.0. The molecule has 0 saturated carbocycles. The molecule has 3 heterocycles. The van der Waals surface area contributed by atoms with Crippen LogP contribution in [0.1, 0.15) is 48.0 Å². The molecule has 1 amide bonds. The fourth-order valence-corrected chi connectivity index (χ4v) is 6.73. The van der Waals surface area contributed by atoms with E-state index in [4.69, 9.17) is 9.47 Å². The smallest absolute Gasteiger partial charge is 0.281 e. The zero-order chi connectivity index (χ0) is 24.6. The normalized spacial score (nSPS) is 20.7. The topological polar surface area (TPSA) is 79.4 Å². The minimum absolute atomic E-state index is 0.0242. The van der Waals surface area contributed by atoms with Gasteiger partial charge in [-0.25, -0.2) is 0 Å². The van der Waals surface area contributed by atoms with Gasteiger partial charge >= 0.3 is 0 Å². The number of hydrogen-bond donors (Lipinski definition) is 0. The summed E-state index contributed by atoms with van der Waals surface area (Å²) in [5.41, 5.74) is 3.65. The van der Waals surface area contributed by atoms with E-state index in [0.29, 0.717) is 51.2 Å². The predicted molar refractivity (Wildman–Crippen MR) is 133 cm³/mol. The summed E-state index contributed by atoms with van der Waals surface area (Å²) in [7, 11) is 0.0613. The fraction of sp³-hybridized carbons (Fsp3) is 0.500. The van der Waals surface area contributed by atoms with Crippen LogP contribution in [0.3, 0.4) is 0 Å². The molecule has 3 aliphatic heterocycles. The number of fused-ring (bicyclic) bond motifs is 1. The van der Waals surface area contributed by atoms with Crippen molar-refractivity contribution in [1.29, 1.82) is 0 Å². The highest BCUT2D eigenvalue weighted by Crippen LogP contribution is 2.39. The number of carbonyl (C=O) groups excluding carboxylic acids is 1. The van der Waals surface area contributed by atoms with Crippen molar-refractivity contribution >= 4 is 16.1 Å². The summed E-state index contributed by atoms with van der Waals surface area (Å²) in [6, 6.07) is 13.6. The quantitative estimate of drug-likeness (QED) is 0.644. The molecule has 188 valence electrons. The highest BCUT2D eigenvalue weighted by molar-refractivity contribution is 7.86. The first-order valence-electron chi connectivity index (χ1n) is 12.3. The van der Waals surface area contributed by atoms with E-state index in [2.05, 4.69) is 6.07 Å². The fourth-order valence-electron chi connectivity index (χ4n) is 5.04. The van der Waals surface area contributed by atoms with Crippen LogP contribution in [0.15, 0.2) is 42.5 Å². The SMILES string of the molecule is CN(C)C(=O)c1ccc(-c2ccc3c(c2)COC2(CCN(S(=O)(=O)N4CCCCC4)CC2)O3)cc1. The first-order valence-corrected chi connectivity index (χ1v) is 13.7. The van der Waals surface area contributed by atoms with Crippen LogP contribution in [0, 0.1) is 0 Å². The number of rotatable bonds is 4. The van der Waals surface area contributed by atoms with Crippen LogP contribution < -0.4 is 4.74 Å². The van der Waals surface area contributed by atoms with E-state index in [0.717, 1.165) is 41.7 Å². The second-order valence-electron chi connectivity index (χ2n) is 9.77. The van der Waals surface area contributed by atoms with Crippen LogP contribution in [0.4, 0.5) is 0 Å². The molecular weight excluding hydrogens is 466 g/mol. The van der Waals surface area contributed by atoms with Crippen LogP contribution in [0.2, 0.25) is 0 Å². The molecule has 2 fully saturated rings. The van der Waals surface area contributed by atoms with Crippen molar-refractivity contribution in [1.82, 2.24) is 13.5 Å². The van der Waals surface area contributed by atoms with E-state index in [1.165, 1.54) is 0 Å². The minimum Gasteiger partial charge on any atom is -0.462 e. The molecular formula is C26H33N3O5S. The van der Waals surface area contributed by atoms with Gasteiger partial charge in [-0.15, -0.1) is 0 Å². The Labute approximate surface area is 207 Å². The van der Waals surface area contributed by atoms with E-state index in [-0.39, 0.29) is 5.91 Å². The van der Waals surface area contributed by atoms with Crippen LogP contribution in [-0.4, -0.2) is 73.9 Å². The van der Waals surface area contributed by atoms with E-state index in [1.54, 1.807) is 27.6 Å². The Morgan fingerprint density at radius 2 is 1.51 bits per heavy atom. The summed E-state index contributed by atoms with van der Waals surface area (Å²) in [6.45, 7) is 2.43. The Kier molecular flexibility index (Phi) is 6.61. The summed E-state index contributed by atoms with van der Waals surface area (Å²) >= 11 is 0. The molecule has 3 aliphatic rings. The second kappa shape index (κ2) is 9.54. The second-order valence-corrected chi connectivity index (χ2v) is 11.7. The molecule has 2 saturated heterocycles. The third kappa shape index (κ3) is 4.82. The third-order valence-corrected chi connectivity index (χ3v) is 9.21. The number of hydrogen-bond acceptors (Lipinski definition) is 5. The van der Waals surface area contributed by atoms with Crippen molar-refractivity contribution in [2.45, 2.75) is 44.5 Å². The van der Waals surface area contributed by atoms with Crippen LogP contribution in [0.25, 0.3) is 11.1 Å². The van der Waals surface area contributed by atoms with Gasteiger partial charge in [-0.1, -0.05) is 24.6 Å². The number of carbonyl (C=O) groups is 1. The van der Waals surface area contributed by atoms with Crippen LogP contribution in [-0.2, 0) is 21.6 Å². The molecule has 0 aliphatic carbocycles. The number of ether oxygens (including phenoxy) is 2. The molecule has 0 atom stereocenters. The lowest BCUT2D eigenvalue weighted by molar-refractivity contribution is -0.224. The van der Waals surface area contributed by atoms with Crippen molar-refractivity contribution in [3.05, 3.63) is 53.6 Å². The molecule has 0 unspecified atom stereocenters. The Bertz CT molecular complexity index is 1180. The number of benzene rings is 2. The summed E-state index contributed by atoms with van der Waals surface area (Å²) < 4.78 is 41.8. The highest BCUT2D eigenvalue weighted by atomic mass is 32.2. The molecule has 8 nitrogen and oxygen atoms in total. The van der Waals surface area contributed by atoms with E-state index in [1.807, 2.05) is 36.4 Å². The molecule has 2 aromatic carbocycles. The van der Waals surface area contributed by atoms with Gasteiger partial charge in [0.25, 0.3) is 16.1 Å². The van der Waals surface area contributed by atoms with Crippen molar-refractivity contribution < 1.29 is 22.7 Å². The van der Waals surface area contributed by atoms with Gasteiger partial charge in [-0.3, -0.25) is 4.79 Å². The number of nitrogens with zero attached hydrogens (tertiary/aromatic N) is 3. The van der Waals surface area contributed by atoms with Gasteiger partial charge in [0.2, 0.25) is 5.79 Å². The molecule has 0 bridgehead atoms. The Morgan fingerprint density at radius 3 is 2.17 bits per heavy atom. The third-order valence-electron chi connectivity index (χ3n) is 7.17. The van der Waals surface area contributed by atoms with Gasteiger partial charge < -0.3 is 14.4 Å². The average molecular weight is 500 g/mol. The monoisotopic (exact) mass is 499 g/mol. The molecule has 0 aromatic heterocycles. The highest BCUT2D eigenvalue weighted by Gasteiger charge is 2.44. The predicted octanol–water partition coefficient (Wildman–Crippen LogP) is 3.49. The van der Waals surface area contributed by atoms with Crippen LogP contribution >= 0.6 is 0 Å². The summed E-state index contributed by atoms with van der Waals surface area (Å²) in [5.74, 6) is -0.0213. The van der Waals surface area contributed by atoms with E-state index >= 15 is 0 Å². The van der Waals surface area contributed by atoms with E-state index in [9.17, 15) is 13.2 Å². The van der Waals surface area contributed by atoms with Gasteiger partial charge in [-0.05, 0) is 48.2 Å². The standard InChI is InChI=1S/C26H33N3O5S/c1-27(2)25(30)21-8-6-20(7-9-21)22-10-11-24-23(18-22)19-33-26(34-24)12-16-29(17-13-26)35(31,32)28-14-4-3-5-15-28/h6-11,18H,3-5,12-17,19H2,1-2H3. The largest absolute Gasteiger partial charge is 0.462 e. The van der Waals surface area contributed by atoms with Gasteiger partial charge in [0.1, 0.15) is 5.75 Å². The minimum atomic E-state index is -3.42. The van der Waals surface area contributed by atoms with Gasteiger partial charge in [-0.2, -0.15) is 17.0 Å². The number of amides is 1. The van der Waals surface area contributed by atoms with Crippen molar-refractivity contribution in [3.63, 3.8) is 0 Å². The maximum Gasteiger partial charge on any atom is 0.281 e. The summed E-state index contributed by atoms with van der Waals surface area (Å²) in [4.78, 5) is 13.7. The first-order chi connectivity index (χ1) is 16.8. The van der Waals surface area contributed by atoms with Gasteiger partial charge in [0, 0.05) is 64.2 Å². The van der Waals surface area contributed by atoms with Gasteiger partial charge in [0.15, 0.2) is 0 Å². The van der Waals surface area contributed by atoms with Gasteiger partial charge in [0.05, 0.1) is 6.61 Å². The van der Waals surface area contributed by atoms with E-state index < -0.39 is 16.0 Å². The molecule has 1 spiro atoms. The first kappa shape index (κ1) is 24.2. The lowest BCUT2D eigenvalue weighted by Gasteiger charge is -2.44.